The van der Waals surface area contributed by atoms with Gasteiger partial charge in [-0.1, -0.05) is 60.1 Å². The third-order valence-electron chi connectivity index (χ3n) is 4.41. The van der Waals surface area contributed by atoms with Crippen LogP contribution < -0.4 is 4.74 Å². The molecule has 0 aromatic heterocycles. The Hall–Kier alpha value is -2.16. The van der Waals surface area contributed by atoms with Gasteiger partial charge in [0.2, 0.25) is 0 Å². The van der Waals surface area contributed by atoms with Crippen molar-refractivity contribution < 1.29 is 4.74 Å². The molecule has 3 aromatic rings. The summed E-state index contributed by atoms with van der Waals surface area (Å²) in [6, 6.07) is 22.4. The molecule has 0 N–H and O–H groups in total. The maximum absolute atomic E-state index is 6.10. The van der Waals surface area contributed by atoms with E-state index in [2.05, 4.69) is 37.8 Å². The van der Waals surface area contributed by atoms with Crippen molar-refractivity contribution in [3.8, 4) is 16.9 Å². The standard InChI is InChI=1S/C23H21ClOS/c1-16-13-19(18-9-11-21(24)12-10-18)7-8-20(16)14-25-23-6-4-3-5-22(23)17(2)15-26/h3-13,15,26H,14H2,1-2H3/b17-15+. The van der Waals surface area contributed by atoms with Crippen LogP contribution in [0.3, 0.4) is 0 Å². The number of aryl methyl sites for hydroxylation is 1. The van der Waals surface area contributed by atoms with Crippen molar-refractivity contribution in [2.75, 3.05) is 0 Å². The second-order valence-electron chi connectivity index (χ2n) is 6.25. The maximum Gasteiger partial charge on any atom is 0.127 e. The monoisotopic (exact) mass is 380 g/mol. The van der Waals surface area contributed by atoms with E-state index in [0.717, 1.165) is 27.5 Å². The number of para-hydroxylation sites is 1. The Morgan fingerprint density at radius 2 is 1.69 bits per heavy atom. The first-order valence-electron chi connectivity index (χ1n) is 8.47. The van der Waals surface area contributed by atoms with Crippen LogP contribution in [-0.2, 0) is 6.61 Å². The number of thiol groups is 1. The zero-order chi connectivity index (χ0) is 18.5. The Morgan fingerprint density at radius 3 is 2.38 bits per heavy atom. The number of benzene rings is 3. The molecular weight excluding hydrogens is 360 g/mol. The summed E-state index contributed by atoms with van der Waals surface area (Å²) in [5.41, 5.74) is 6.86. The van der Waals surface area contributed by atoms with Gasteiger partial charge in [0.15, 0.2) is 0 Å². The van der Waals surface area contributed by atoms with Crippen LogP contribution in [0, 0.1) is 6.92 Å². The molecule has 0 aliphatic carbocycles. The van der Waals surface area contributed by atoms with Crippen LogP contribution in [0.25, 0.3) is 16.7 Å². The van der Waals surface area contributed by atoms with Crippen molar-refractivity contribution in [3.63, 3.8) is 0 Å². The number of rotatable bonds is 5. The molecule has 3 rings (SSSR count). The second kappa shape index (κ2) is 8.48. The summed E-state index contributed by atoms with van der Waals surface area (Å²) in [6.07, 6.45) is 0. The highest BCUT2D eigenvalue weighted by Crippen LogP contribution is 2.28. The Labute approximate surface area is 165 Å². The Kier molecular flexibility index (Phi) is 6.08. The number of halogens is 1. The van der Waals surface area contributed by atoms with Crippen molar-refractivity contribution in [1.82, 2.24) is 0 Å². The van der Waals surface area contributed by atoms with Gasteiger partial charge in [-0.25, -0.2) is 0 Å². The van der Waals surface area contributed by atoms with Crippen molar-refractivity contribution in [2.24, 2.45) is 0 Å². The van der Waals surface area contributed by atoms with Crippen LogP contribution in [-0.4, -0.2) is 0 Å². The molecule has 0 aliphatic rings. The van der Waals surface area contributed by atoms with E-state index in [0.29, 0.717) is 6.61 Å². The minimum absolute atomic E-state index is 0.531. The second-order valence-corrected chi connectivity index (χ2v) is 6.94. The molecule has 3 aromatic carbocycles. The lowest BCUT2D eigenvalue weighted by atomic mass is 10.0. The first kappa shape index (κ1) is 18.6. The van der Waals surface area contributed by atoms with E-state index in [9.17, 15) is 0 Å². The molecule has 0 heterocycles. The van der Waals surface area contributed by atoms with E-state index in [-0.39, 0.29) is 0 Å². The minimum atomic E-state index is 0.531. The van der Waals surface area contributed by atoms with Crippen molar-refractivity contribution in [2.45, 2.75) is 20.5 Å². The number of allylic oxidation sites excluding steroid dienone is 1. The molecule has 0 atom stereocenters. The van der Waals surface area contributed by atoms with Crippen molar-refractivity contribution >= 4 is 29.8 Å². The number of hydrogen-bond acceptors (Lipinski definition) is 2. The van der Waals surface area contributed by atoms with Crippen LogP contribution in [0.2, 0.25) is 5.02 Å². The Balaban J connectivity index is 1.79. The van der Waals surface area contributed by atoms with Gasteiger partial charge in [0, 0.05) is 10.6 Å². The normalized spacial score (nSPS) is 11.5. The van der Waals surface area contributed by atoms with E-state index in [1.54, 1.807) is 5.41 Å². The molecule has 0 radical (unpaired) electrons. The lowest BCUT2D eigenvalue weighted by molar-refractivity contribution is 0.304. The van der Waals surface area contributed by atoms with Gasteiger partial charge in [0.25, 0.3) is 0 Å². The molecule has 0 bridgehead atoms. The molecule has 0 spiro atoms. The zero-order valence-electron chi connectivity index (χ0n) is 14.9. The molecule has 3 heteroatoms. The van der Waals surface area contributed by atoms with Gasteiger partial charge in [0.05, 0.1) is 0 Å². The van der Waals surface area contributed by atoms with Gasteiger partial charge in [-0.2, -0.15) is 12.6 Å². The summed E-state index contributed by atoms with van der Waals surface area (Å²) in [7, 11) is 0. The predicted octanol–water partition coefficient (Wildman–Crippen LogP) is 7.19. The molecule has 0 amide bonds. The molecule has 0 saturated heterocycles. The first-order valence-corrected chi connectivity index (χ1v) is 9.36. The van der Waals surface area contributed by atoms with Crippen LogP contribution >= 0.6 is 24.2 Å². The Bertz CT molecular complexity index is 929. The van der Waals surface area contributed by atoms with Gasteiger partial charge in [-0.05, 0) is 65.3 Å². The highest BCUT2D eigenvalue weighted by Gasteiger charge is 2.07. The molecule has 0 unspecified atom stereocenters. The minimum Gasteiger partial charge on any atom is -0.488 e. The van der Waals surface area contributed by atoms with E-state index in [4.69, 9.17) is 16.3 Å². The largest absolute Gasteiger partial charge is 0.488 e. The quantitative estimate of drug-likeness (QED) is 0.461. The lowest BCUT2D eigenvalue weighted by Crippen LogP contribution is -2.00. The van der Waals surface area contributed by atoms with Crippen LogP contribution in [0.15, 0.2) is 72.1 Å². The third-order valence-corrected chi connectivity index (χ3v) is 5.05. The summed E-state index contributed by atoms with van der Waals surface area (Å²) in [5, 5.41) is 2.55. The van der Waals surface area contributed by atoms with Crippen molar-refractivity contribution in [3.05, 3.63) is 93.9 Å². The molecule has 132 valence electrons. The number of hydrogen-bond donors (Lipinski definition) is 1. The van der Waals surface area contributed by atoms with E-state index in [1.165, 1.54) is 16.7 Å². The Morgan fingerprint density at radius 1 is 1.00 bits per heavy atom. The fourth-order valence-corrected chi connectivity index (χ4v) is 3.09. The van der Waals surface area contributed by atoms with Crippen LogP contribution in [0.4, 0.5) is 0 Å². The van der Waals surface area contributed by atoms with E-state index >= 15 is 0 Å². The van der Waals surface area contributed by atoms with Crippen LogP contribution in [0.1, 0.15) is 23.6 Å². The fraction of sp³-hybridized carbons (Fsp3) is 0.130. The average molecular weight is 381 g/mol. The SMILES string of the molecule is C/C(=C\S)c1ccccc1OCc1ccc(-c2ccc(Cl)cc2)cc1C. The predicted molar refractivity (Wildman–Crippen MR) is 115 cm³/mol. The van der Waals surface area contributed by atoms with Gasteiger partial charge in [-0.3, -0.25) is 0 Å². The molecular formula is C23H21ClOS. The van der Waals surface area contributed by atoms with Gasteiger partial charge in [-0.15, -0.1) is 0 Å². The first-order chi connectivity index (χ1) is 12.6. The summed E-state index contributed by atoms with van der Waals surface area (Å²) in [5.74, 6) is 0.872. The van der Waals surface area contributed by atoms with Gasteiger partial charge in [0.1, 0.15) is 12.4 Å². The van der Waals surface area contributed by atoms with E-state index < -0.39 is 0 Å². The summed E-state index contributed by atoms with van der Waals surface area (Å²) >= 11 is 10.2. The van der Waals surface area contributed by atoms with Gasteiger partial charge >= 0.3 is 0 Å². The average Bonchev–Trinajstić information content (AvgIpc) is 2.67. The summed E-state index contributed by atoms with van der Waals surface area (Å²) in [4.78, 5) is 0. The fourth-order valence-electron chi connectivity index (χ4n) is 2.82. The highest BCUT2D eigenvalue weighted by atomic mass is 35.5. The molecule has 26 heavy (non-hydrogen) atoms. The maximum atomic E-state index is 6.10. The molecule has 1 nitrogen and oxygen atoms in total. The third kappa shape index (κ3) is 4.32. The molecule has 0 aliphatic heterocycles. The highest BCUT2D eigenvalue weighted by molar-refractivity contribution is 7.83. The topological polar surface area (TPSA) is 9.23 Å². The van der Waals surface area contributed by atoms with Crippen molar-refractivity contribution in [1.29, 1.82) is 0 Å². The molecule has 0 saturated carbocycles. The van der Waals surface area contributed by atoms with Gasteiger partial charge < -0.3 is 4.74 Å². The lowest BCUT2D eigenvalue weighted by Gasteiger charge is -2.14. The van der Waals surface area contributed by atoms with E-state index in [1.807, 2.05) is 55.5 Å². The zero-order valence-corrected chi connectivity index (χ0v) is 16.5. The number of ether oxygens (including phenoxy) is 1. The summed E-state index contributed by atoms with van der Waals surface area (Å²) < 4.78 is 6.10. The summed E-state index contributed by atoms with van der Waals surface area (Å²) in [6.45, 7) is 4.67. The molecule has 0 fully saturated rings. The smallest absolute Gasteiger partial charge is 0.127 e. The van der Waals surface area contributed by atoms with Crippen LogP contribution in [0.5, 0.6) is 5.75 Å².